The number of anilines is 1. The van der Waals surface area contributed by atoms with Gasteiger partial charge in [-0.3, -0.25) is 5.32 Å². The highest BCUT2D eigenvalue weighted by molar-refractivity contribution is 5.94. The molecule has 0 aliphatic heterocycles. The zero-order valence-electron chi connectivity index (χ0n) is 18.0. The van der Waals surface area contributed by atoms with Crippen LogP contribution in [-0.2, 0) is 29.4 Å². The number of rotatable bonds is 8. The topological polar surface area (TPSA) is 123 Å². The first-order chi connectivity index (χ1) is 16.2. The van der Waals surface area contributed by atoms with Gasteiger partial charge in [0, 0.05) is 11.3 Å². The molecule has 0 heterocycles. The van der Waals surface area contributed by atoms with E-state index in [9.17, 15) is 59.0 Å². The smallest absolute Gasteiger partial charge is 0.448 e. The van der Waals surface area contributed by atoms with E-state index in [2.05, 4.69) is 14.2 Å². The van der Waals surface area contributed by atoms with Gasteiger partial charge in [-0.25, -0.2) is 14.4 Å². The quantitative estimate of drug-likeness (QED) is 0.261. The van der Waals surface area contributed by atoms with Crippen LogP contribution in [0, 0.1) is 0 Å². The van der Waals surface area contributed by atoms with Crippen LogP contribution in [0.25, 0.3) is 0 Å². The molecule has 204 valence electrons. The molecule has 3 N–H and O–H groups in total. The molecule has 0 radical (unpaired) electrons. The maximum atomic E-state index is 13.6. The van der Waals surface area contributed by atoms with E-state index in [4.69, 9.17) is 0 Å². The SMILES string of the molecule is CCOC(=O)[C@@](NC(=O)Nc1ccc([C@@](O)(C(=O)OC)C(F)(F)F)cc1)(OCC(F)(F)F)C(F)(F)F. The van der Waals surface area contributed by atoms with Crippen LogP contribution in [0.1, 0.15) is 12.5 Å². The van der Waals surface area contributed by atoms with Gasteiger partial charge in [0.2, 0.25) is 0 Å². The van der Waals surface area contributed by atoms with Crippen molar-refractivity contribution in [2.45, 2.75) is 36.8 Å². The third-order valence-corrected chi connectivity index (χ3v) is 4.16. The van der Waals surface area contributed by atoms with Crippen LogP contribution in [0.4, 0.5) is 50.0 Å². The van der Waals surface area contributed by atoms with Gasteiger partial charge in [0.1, 0.15) is 6.61 Å². The number of benzene rings is 1. The highest BCUT2D eigenvalue weighted by Crippen LogP contribution is 2.40. The van der Waals surface area contributed by atoms with Crippen molar-refractivity contribution in [1.29, 1.82) is 0 Å². The Hall–Kier alpha value is -3.28. The highest BCUT2D eigenvalue weighted by Gasteiger charge is 2.66. The fourth-order valence-electron chi connectivity index (χ4n) is 2.50. The van der Waals surface area contributed by atoms with E-state index >= 15 is 0 Å². The molecule has 9 nitrogen and oxygen atoms in total. The normalized spacial score (nSPS) is 15.8. The van der Waals surface area contributed by atoms with Crippen molar-refractivity contribution in [3.63, 3.8) is 0 Å². The summed E-state index contributed by atoms with van der Waals surface area (Å²) < 4.78 is 130. The molecule has 0 aliphatic rings. The zero-order chi connectivity index (χ0) is 28.2. The minimum atomic E-state index is -5.98. The lowest BCUT2D eigenvalue weighted by molar-refractivity contribution is -0.305. The van der Waals surface area contributed by atoms with Gasteiger partial charge in [0.05, 0.1) is 13.7 Å². The van der Waals surface area contributed by atoms with Crippen LogP contribution >= 0.6 is 0 Å². The number of aliphatic hydroxyl groups is 1. The molecule has 1 aromatic rings. The molecule has 2 amide bonds. The molecule has 0 aliphatic carbocycles. The van der Waals surface area contributed by atoms with Crippen LogP contribution in [0.15, 0.2) is 24.3 Å². The molecule has 0 unspecified atom stereocenters. The summed E-state index contributed by atoms with van der Waals surface area (Å²) in [7, 11) is 0.552. The summed E-state index contributed by atoms with van der Waals surface area (Å²) >= 11 is 0. The average molecular weight is 544 g/mol. The van der Waals surface area contributed by atoms with Gasteiger partial charge < -0.3 is 24.6 Å². The summed E-state index contributed by atoms with van der Waals surface area (Å²) in [5, 5.41) is 12.4. The molecule has 0 fully saturated rings. The third-order valence-electron chi connectivity index (χ3n) is 4.16. The van der Waals surface area contributed by atoms with Crippen LogP contribution in [-0.4, -0.2) is 67.7 Å². The second-order valence-electron chi connectivity index (χ2n) is 6.66. The molecule has 2 atom stereocenters. The number of urea groups is 1. The monoisotopic (exact) mass is 544 g/mol. The predicted octanol–water partition coefficient (Wildman–Crippen LogP) is 3.13. The Bertz CT molecular complexity index is 948. The van der Waals surface area contributed by atoms with Crippen molar-refractivity contribution in [2.24, 2.45) is 0 Å². The molecule has 0 saturated carbocycles. The van der Waals surface area contributed by atoms with E-state index in [0.29, 0.717) is 31.4 Å². The summed E-state index contributed by atoms with van der Waals surface area (Å²) in [6.45, 7) is -2.37. The number of esters is 2. The Morgan fingerprint density at radius 1 is 0.889 bits per heavy atom. The van der Waals surface area contributed by atoms with E-state index in [1.165, 1.54) is 0 Å². The number of amides is 2. The fourth-order valence-corrected chi connectivity index (χ4v) is 2.50. The molecule has 1 rings (SSSR count). The first kappa shape index (κ1) is 30.8. The number of alkyl halides is 9. The first-order valence-corrected chi connectivity index (χ1v) is 9.27. The Morgan fingerprint density at radius 2 is 1.42 bits per heavy atom. The van der Waals surface area contributed by atoms with E-state index < -0.39 is 72.3 Å². The molecule has 1 aromatic carbocycles. The second kappa shape index (κ2) is 10.8. The minimum Gasteiger partial charge on any atom is -0.466 e. The first-order valence-electron chi connectivity index (χ1n) is 9.27. The van der Waals surface area contributed by atoms with Gasteiger partial charge in [0.15, 0.2) is 0 Å². The Kier molecular flexibility index (Phi) is 9.20. The third kappa shape index (κ3) is 6.68. The summed E-state index contributed by atoms with van der Waals surface area (Å²) in [5.74, 6) is -4.57. The Balaban J connectivity index is 3.28. The zero-order valence-corrected chi connectivity index (χ0v) is 18.0. The molecule has 0 aromatic heterocycles. The summed E-state index contributed by atoms with van der Waals surface area (Å²) in [4.78, 5) is 35.5. The van der Waals surface area contributed by atoms with Gasteiger partial charge in [-0.15, -0.1) is 0 Å². The van der Waals surface area contributed by atoms with Crippen molar-refractivity contribution in [3.8, 4) is 0 Å². The van der Waals surface area contributed by atoms with Crippen LogP contribution in [0.5, 0.6) is 0 Å². The lowest BCUT2D eigenvalue weighted by atomic mass is 9.93. The van der Waals surface area contributed by atoms with E-state index in [1.807, 2.05) is 0 Å². The lowest BCUT2D eigenvalue weighted by Crippen LogP contribution is -2.67. The van der Waals surface area contributed by atoms with Gasteiger partial charge in [-0.05, 0) is 19.1 Å². The van der Waals surface area contributed by atoms with Gasteiger partial charge in [-0.2, -0.15) is 39.5 Å². The van der Waals surface area contributed by atoms with E-state index in [-0.39, 0.29) is 0 Å². The van der Waals surface area contributed by atoms with E-state index in [1.54, 1.807) is 5.32 Å². The van der Waals surface area contributed by atoms with Gasteiger partial charge in [-0.1, -0.05) is 12.1 Å². The van der Waals surface area contributed by atoms with Gasteiger partial charge in [0.25, 0.3) is 5.60 Å². The van der Waals surface area contributed by atoms with Crippen molar-refractivity contribution in [3.05, 3.63) is 29.8 Å². The number of nitrogens with one attached hydrogen (secondary N) is 2. The number of methoxy groups -OCH3 is 1. The summed E-state index contributed by atoms with van der Waals surface area (Å²) in [5.41, 5.74) is -10.5. The fraction of sp³-hybridized carbons (Fsp3) is 0.500. The average Bonchev–Trinajstić information content (AvgIpc) is 2.73. The van der Waals surface area contributed by atoms with Crippen molar-refractivity contribution < 1.29 is 73.2 Å². The molecular weight excluding hydrogens is 527 g/mol. The number of carbonyl (C=O) groups excluding carboxylic acids is 3. The van der Waals surface area contributed by atoms with Crippen LogP contribution in [0.3, 0.4) is 0 Å². The maximum Gasteiger partial charge on any atom is 0.448 e. The maximum absolute atomic E-state index is 13.6. The highest BCUT2D eigenvalue weighted by atomic mass is 19.4. The molecule has 0 spiro atoms. The Morgan fingerprint density at radius 3 is 1.81 bits per heavy atom. The summed E-state index contributed by atoms with van der Waals surface area (Å²) in [6, 6.07) is 0.0787. The van der Waals surface area contributed by atoms with Gasteiger partial charge >= 0.3 is 42.2 Å². The van der Waals surface area contributed by atoms with Crippen molar-refractivity contribution in [1.82, 2.24) is 5.32 Å². The number of hydrogen-bond donors (Lipinski definition) is 3. The number of carbonyl (C=O) groups is 3. The number of halogens is 9. The predicted molar refractivity (Wildman–Crippen MR) is 98.0 cm³/mol. The molecule has 0 saturated heterocycles. The molecular formula is C18H17F9N2O7. The summed E-state index contributed by atoms with van der Waals surface area (Å²) in [6.07, 6.45) is -16.9. The Labute approximate surface area is 195 Å². The molecule has 0 bridgehead atoms. The van der Waals surface area contributed by atoms with Crippen LogP contribution in [0.2, 0.25) is 0 Å². The largest absolute Gasteiger partial charge is 0.466 e. The molecule has 36 heavy (non-hydrogen) atoms. The lowest BCUT2D eigenvalue weighted by Gasteiger charge is -2.33. The number of hydrogen-bond acceptors (Lipinski definition) is 7. The standard InChI is InChI=1S/C18H17F9N2O7/c1-3-35-12(31)16(18(25,26)27,36-8-14(19,20)21)29-13(32)28-10-6-4-9(5-7-10)15(33,11(30)34-2)17(22,23)24/h4-7,33H,3,8H2,1-2H3,(H2,28,29,32)/t15-,16-/m1/s1. The van der Waals surface area contributed by atoms with Crippen molar-refractivity contribution in [2.75, 3.05) is 25.6 Å². The minimum absolute atomic E-state index is 0.447. The molecule has 18 heteroatoms. The second-order valence-corrected chi connectivity index (χ2v) is 6.66. The van der Waals surface area contributed by atoms with Crippen molar-refractivity contribution >= 4 is 23.7 Å². The van der Waals surface area contributed by atoms with Crippen LogP contribution < -0.4 is 10.6 Å². The van der Waals surface area contributed by atoms with E-state index in [0.717, 1.165) is 12.2 Å². The number of ether oxygens (including phenoxy) is 3.